The number of carbonyl (C=O) groups is 1. The first kappa shape index (κ1) is 14.6. The van der Waals surface area contributed by atoms with Gasteiger partial charge in [-0.25, -0.2) is 13.2 Å². The maximum Gasteiger partial charge on any atom is 0.345 e. The fraction of sp³-hybridized carbons (Fsp3) is 0. The first-order chi connectivity index (χ1) is 8.79. The number of carboxylic acid groups (broad SMARTS) is 1. The van der Waals surface area contributed by atoms with Crippen LogP contribution in [0.15, 0.2) is 23.1 Å². The van der Waals surface area contributed by atoms with Gasteiger partial charge in [-0.15, -0.1) is 22.7 Å². The van der Waals surface area contributed by atoms with Crippen LogP contribution in [0.4, 0.5) is 5.00 Å². The number of thiophene rings is 2. The molecule has 0 spiro atoms. The zero-order valence-corrected chi connectivity index (χ0v) is 12.8. The van der Waals surface area contributed by atoms with Crippen molar-refractivity contribution in [3.63, 3.8) is 0 Å². The van der Waals surface area contributed by atoms with Gasteiger partial charge >= 0.3 is 5.97 Å². The molecule has 2 rings (SSSR count). The lowest BCUT2D eigenvalue weighted by Crippen LogP contribution is -2.11. The predicted molar refractivity (Wildman–Crippen MR) is 76.4 cm³/mol. The summed E-state index contributed by atoms with van der Waals surface area (Å²) in [6.45, 7) is 0. The number of rotatable bonds is 4. The molecule has 0 aliphatic rings. The molecule has 2 heterocycles. The summed E-state index contributed by atoms with van der Waals surface area (Å²) in [6, 6.07) is 3.92. The highest BCUT2D eigenvalue weighted by Gasteiger charge is 2.22. The Morgan fingerprint density at radius 1 is 1.26 bits per heavy atom. The minimum absolute atomic E-state index is 0.0344. The Labute approximate surface area is 126 Å². The van der Waals surface area contributed by atoms with Gasteiger partial charge in [0.1, 0.15) is 19.1 Å². The van der Waals surface area contributed by atoms with E-state index in [9.17, 15) is 13.2 Å². The average molecular weight is 358 g/mol. The Bertz CT molecular complexity index is 734. The normalized spacial score (nSPS) is 11.5. The Morgan fingerprint density at radius 3 is 2.42 bits per heavy atom. The van der Waals surface area contributed by atoms with Crippen molar-refractivity contribution < 1.29 is 18.3 Å². The quantitative estimate of drug-likeness (QED) is 0.875. The molecule has 2 N–H and O–H groups in total. The average Bonchev–Trinajstić information content (AvgIpc) is 2.85. The molecule has 0 saturated carbocycles. The van der Waals surface area contributed by atoms with Crippen molar-refractivity contribution in [1.82, 2.24) is 0 Å². The van der Waals surface area contributed by atoms with E-state index in [0.29, 0.717) is 0 Å². The van der Waals surface area contributed by atoms with Crippen LogP contribution in [0.3, 0.4) is 0 Å². The van der Waals surface area contributed by atoms with Gasteiger partial charge in [-0.1, -0.05) is 23.2 Å². The molecule has 0 amide bonds. The standard InChI is InChI=1S/C9H5Cl2NO4S3/c10-6-3-5(8(11)18-6)19(15,16)12-7-2-1-4(17-7)9(13)14/h1-3,12H,(H,13,14). The van der Waals surface area contributed by atoms with E-state index in [1.807, 2.05) is 0 Å². The summed E-state index contributed by atoms with van der Waals surface area (Å²) >= 11 is 13.2. The summed E-state index contributed by atoms with van der Waals surface area (Å²) in [6.07, 6.45) is 0. The predicted octanol–water partition coefficient (Wildman–Crippen LogP) is 3.62. The van der Waals surface area contributed by atoms with Crippen molar-refractivity contribution in [3.8, 4) is 0 Å². The summed E-state index contributed by atoms with van der Waals surface area (Å²) in [5.74, 6) is -1.12. The molecule has 0 aliphatic carbocycles. The molecule has 102 valence electrons. The number of halogens is 2. The molecule has 0 bridgehead atoms. The van der Waals surface area contributed by atoms with E-state index in [-0.39, 0.29) is 23.4 Å². The summed E-state index contributed by atoms with van der Waals surface area (Å²) in [5, 5.41) is 8.95. The van der Waals surface area contributed by atoms with Crippen LogP contribution in [0.5, 0.6) is 0 Å². The van der Waals surface area contributed by atoms with Crippen LogP contribution in [0.25, 0.3) is 0 Å². The maximum atomic E-state index is 12.0. The number of nitrogens with one attached hydrogen (secondary N) is 1. The smallest absolute Gasteiger partial charge is 0.345 e. The van der Waals surface area contributed by atoms with Crippen LogP contribution in [0, 0.1) is 0 Å². The molecule has 2 aromatic rings. The van der Waals surface area contributed by atoms with Crippen molar-refractivity contribution in [2.75, 3.05) is 4.72 Å². The fourth-order valence-corrected chi connectivity index (χ4v) is 5.39. The third-order valence-corrected chi connectivity index (χ3v) is 6.20. The molecule has 0 aliphatic heterocycles. The number of hydrogen-bond donors (Lipinski definition) is 2. The lowest BCUT2D eigenvalue weighted by atomic mass is 10.5. The number of anilines is 1. The monoisotopic (exact) mass is 357 g/mol. The molecule has 0 atom stereocenters. The van der Waals surface area contributed by atoms with Crippen LogP contribution >= 0.6 is 45.9 Å². The van der Waals surface area contributed by atoms with Crippen LogP contribution in [-0.4, -0.2) is 19.5 Å². The molecule has 2 aromatic heterocycles. The second-order valence-electron chi connectivity index (χ2n) is 3.26. The number of sulfonamides is 1. The second kappa shape index (κ2) is 5.29. The van der Waals surface area contributed by atoms with Gasteiger partial charge in [0.2, 0.25) is 0 Å². The van der Waals surface area contributed by atoms with E-state index >= 15 is 0 Å². The molecule has 0 unspecified atom stereocenters. The Hall–Kier alpha value is -0.800. The van der Waals surface area contributed by atoms with Crippen molar-refractivity contribution in [1.29, 1.82) is 0 Å². The van der Waals surface area contributed by atoms with Gasteiger partial charge in [0.05, 0.1) is 4.34 Å². The number of hydrogen-bond acceptors (Lipinski definition) is 5. The van der Waals surface area contributed by atoms with Crippen molar-refractivity contribution in [2.45, 2.75) is 4.90 Å². The van der Waals surface area contributed by atoms with E-state index in [4.69, 9.17) is 28.3 Å². The highest BCUT2D eigenvalue weighted by Crippen LogP contribution is 2.35. The topological polar surface area (TPSA) is 83.5 Å². The molecule has 19 heavy (non-hydrogen) atoms. The van der Waals surface area contributed by atoms with Crippen molar-refractivity contribution in [3.05, 3.63) is 31.7 Å². The van der Waals surface area contributed by atoms with Gasteiger partial charge in [0.15, 0.2) is 0 Å². The minimum atomic E-state index is -3.87. The zero-order valence-electron chi connectivity index (χ0n) is 8.88. The van der Waals surface area contributed by atoms with E-state index < -0.39 is 16.0 Å². The lowest BCUT2D eigenvalue weighted by Gasteiger charge is -2.03. The minimum Gasteiger partial charge on any atom is -0.477 e. The third kappa shape index (κ3) is 3.21. The Morgan fingerprint density at radius 2 is 1.95 bits per heavy atom. The second-order valence-corrected chi connectivity index (χ2v) is 8.28. The maximum absolute atomic E-state index is 12.0. The molecule has 0 radical (unpaired) electrons. The molecule has 0 fully saturated rings. The molecule has 0 aromatic carbocycles. The van der Waals surface area contributed by atoms with Gasteiger partial charge in [-0.2, -0.15) is 0 Å². The Balaban J connectivity index is 2.31. The molecule has 0 saturated heterocycles. The summed E-state index contributed by atoms with van der Waals surface area (Å²) in [5.41, 5.74) is 0. The SMILES string of the molecule is O=C(O)c1ccc(NS(=O)(=O)c2cc(Cl)sc2Cl)s1. The molecular formula is C9H5Cl2NO4S3. The van der Waals surface area contributed by atoms with Gasteiger partial charge in [-0.3, -0.25) is 4.72 Å². The summed E-state index contributed by atoms with van der Waals surface area (Å²) in [7, 11) is -3.87. The van der Waals surface area contributed by atoms with Crippen molar-refractivity contribution >= 4 is 66.9 Å². The number of carboxylic acids is 1. The van der Waals surface area contributed by atoms with Crippen LogP contribution in [0.1, 0.15) is 9.67 Å². The highest BCUT2D eigenvalue weighted by atomic mass is 35.5. The summed E-state index contributed by atoms with van der Waals surface area (Å²) < 4.78 is 26.6. The largest absolute Gasteiger partial charge is 0.477 e. The van der Waals surface area contributed by atoms with Gasteiger partial charge < -0.3 is 5.11 Å². The van der Waals surface area contributed by atoms with Gasteiger partial charge in [0.25, 0.3) is 10.0 Å². The molecule has 10 heteroatoms. The number of aromatic carboxylic acids is 1. The third-order valence-electron chi connectivity index (χ3n) is 1.97. The van der Waals surface area contributed by atoms with E-state index in [0.717, 1.165) is 22.7 Å². The van der Waals surface area contributed by atoms with E-state index in [1.165, 1.54) is 18.2 Å². The first-order valence-corrected chi connectivity index (χ1v) is 8.47. The zero-order chi connectivity index (χ0) is 14.2. The molecule has 5 nitrogen and oxygen atoms in total. The van der Waals surface area contributed by atoms with Crippen LogP contribution < -0.4 is 4.72 Å². The van der Waals surface area contributed by atoms with Crippen LogP contribution in [0.2, 0.25) is 8.67 Å². The Kier molecular flexibility index (Phi) is 4.07. The lowest BCUT2D eigenvalue weighted by molar-refractivity contribution is 0.0702. The first-order valence-electron chi connectivity index (χ1n) is 4.60. The van der Waals surface area contributed by atoms with E-state index in [2.05, 4.69) is 4.72 Å². The van der Waals surface area contributed by atoms with Gasteiger partial charge in [-0.05, 0) is 18.2 Å². The molecular weight excluding hydrogens is 353 g/mol. The fourth-order valence-electron chi connectivity index (χ4n) is 1.20. The van der Waals surface area contributed by atoms with Gasteiger partial charge in [0, 0.05) is 0 Å². The summed E-state index contributed by atoms with van der Waals surface area (Å²) in [4.78, 5) is 10.6. The van der Waals surface area contributed by atoms with E-state index in [1.54, 1.807) is 0 Å². The van der Waals surface area contributed by atoms with Crippen molar-refractivity contribution in [2.24, 2.45) is 0 Å². The van der Waals surface area contributed by atoms with Crippen LogP contribution in [-0.2, 0) is 10.0 Å². The highest BCUT2D eigenvalue weighted by molar-refractivity contribution is 7.93.